The maximum absolute atomic E-state index is 12.7. The number of ether oxygens (including phenoxy) is 1. The SMILES string of the molecule is CCOc1ccc(-c2csc(Cc3nc(-c4ccc(C(F)(F)F)cc4)no3)n2)cc1. The first kappa shape index (κ1) is 20.1. The number of nitrogens with zero attached hydrogens (tertiary/aromatic N) is 3. The van der Waals surface area contributed by atoms with Crippen molar-refractivity contribution in [3.05, 3.63) is 70.4 Å². The quantitative estimate of drug-likeness (QED) is 0.382. The zero-order valence-electron chi connectivity index (χ0n) is 15.8. The lowest BCUT2D eigenvalue weighted by molar-refractivity contribution is -0.137. The Balaban J connectivity index is 1.45. The number of hydrogen-bond donors (Lipinski definition) is 0. The van der Waals surface area contributed by atoms with Crippen molar-refractivity contribution in [2.45, 2.75) is 19.5 Å². The van der Waals surface area contributed by atoms with Crippen LogP contribution in [0.5, 0.6) is 5.75 Å². The van der Waals surface area contributed by atoms with Crippen LogP contribution in [0.1, 0.15) is 23.4 Å². The van der Waals surface area contributed by atoms with E-state index in [1.807, 2.05) is 36.6 Å². The van der Waals surface area contributed by atoms with Gasteiger partial charge in [-0.25, -0.2) is 4.98 Å². The summed E-state index contributed by atoms with van der Waals surface area (Å²) in [6.45, 7) is 2.54. The highest BCUT2D eigenvalue weighted by Crippen LogP contribution is 2.30. The van der Waals surface area contributed by atoms with Gasteiger partial charge in [-0.3, -0.25) is 0 Å². The van der Waals surface area contributed by atoms with E-state index >= 15 is 0 Å². The fraction of sp³-hybridized carbons (Fsp3) is 0.190. The molecule has 0 radical (unpaired) electrons. The van der Waals surface area contributed by atoms with Gasteiger partial charge in [-0.15, -0.1) is 11.3 Å². The average Bonchev–Trinajstić information content (AvgIpc) is 3.39. The van der Waals surface area contributed by atoms with Crippen molar-refractivity contribution >= 4 is 11.3 Å². The molecule has 5 nitrogen and oxygen atoms in total. The summed E-state index contributed by atoms with van der Waals surface area (Å²) in [5.74, 6) is 1.39. The van der Waals surface area contributed by atoms with Crippen LogP contribution in [0, 0.1) is 0 Å². The summed E-state index contributed by atoms with van der Waals surface area (Å²) in [6, 6.07) is 12.3. The first-order valence-electron chi connectivity index (χ1n) is 9.10. The molecule has 2 heterocycles. The van der Waals surface area contributed by atoms with Crippen molar-refractivity contribution in [3.63, 3.8) is 0 Å². The molecule has 0 aliphatic heterocycles. The molecule has 154 valence electrons. The second-order valence-electron chi connectivity index (χ2n) is 6.35. The van der Waals surface area contributed by atoms with Crippen molar-refractivity contribution in [2.24, 2.45) is 0 Å². The van der Waals surface area contributed by atoms with Gasteiger partial charge in [0.25, 0.3) is 0 Å². The first-order valence-corrected chi connectivity index (χ1v) is 9.98. The van der Waals surface area contributed by atoms with Crippen molar-refractivity contribution < 1.29 is 22.4 Å². The molecule has 0 saturated carbocycles. The van der Waals surface area contributed by atoms with E-state index in [1.165, 1.54) is 23.5 Å². The molecule has 4 aromatic rings. The largest absolute Gasteiger partial charge is 0.494 e. The van der Waals surface area contributed by atoms with E-state index < -0.39 is 11.7 Å². The van der Waals surface area contributed by atoms with Crippen LogP contribution in [0.15, 0.2) is 58.4 Å². The summed E-state index contributed by atoms with van der Waals surface area (Å²) in [4.78, 5) is 8.87. The van der Waals surface area contributed by atoms with Gasteiger partial charge in [-0.05, 0) is 43.3 Å². The Morgan fingerprint density at radius 2 is 1.67 bits per heavy atom. The molecule has 0 bridgehead atoms. The topological polar surface area (TPSA) is 61.0 Å². The zero-order valence-corrected chi connectivity index (χ0v) is 16.6. The second kappa shape index (κ2) is 8.27. The van der Waals surface area contributed by atoms with Crippen molar-refractivity contribution in [2.75, 3.05) is 6.61 Å². The summed E-state index contributed by atoms with van der Waals surface area (Å²) in [5.41, 5.74) is 1.53. The first-order chi connectivity index (χ1) is 14.4. The predicted octanol–water partition coefficient (Wildman–Crippen LogP) is 5.87. The molecule has 0 unspecified atom stereocenters. The average molecular weight is 431 g/mol. The molecular formula is C21H16F3N3O2S. The lowest BCUT2D eigenvalue weighted by Gasteiger charge is -2.05. The molecule has 9 heteroatoms. The highest BCUT2D eigenvalue weighted by atomic mass is 32.1. The smallest absolute Gasteiger partial charge is 0.416 e. The Morgan fingerprint density at radius 1 is 0.967 bits per heavy atom. The number of aromatic nitrogens is 3. The standard InChI is InChI=1S/C21H16F3N3O2S/c1-2-28-16-9-5-13(6-10-16)17-12-30-19(25-17)11-18-26-20(27-29-18)14-3-7-15(8-4-14)21(22,23)24/h3-10,12H,2,11H2,1H3. The summed E-state index contributed by atoms with van der Waals surface area (Å²) >= 11 is 1.47. The number of rotatable bonds is 6. The van der Waals surface area contributed by atoms with Gasteiger partial charge < -0.3 is 9.26 Å². The number of benzene rings is 2. The van der Waals surface area contributed by atoms with Crippen LogP contribution in [-0.4, -0.2) is 21.7 Å². The molecule has 0 fully saturated rings. The van der Waals surface area contributed by atoms with Gasteiger partial charge in [0.1, 0.15) is 10.8 Å². The monoisotopic (exact) mass is 431 g/mol. The predicted molar refractivity (Wildman–Crippen MR) is 106 cm³/mol. The van der Waals surface area contributed by atoms with E-state index in [2.05, 4.69) is 15.1 Å². The van der Waals surface area contributed by atoms with Crippen LogP contribution in [0.3, 0.4) is 0 Å². The molecule has 4 rings (SSSR count). The summed E-state index contributed by atoms with van der Waals surface area (Å²) in [6.07, 6.45) is -4.04. The molecule has 2 aromatic heterocycles. The minimum Gasteiger partial charge on any atom is -0.494 e. The van der Waals surface area contributed by atoms with Crippen molar-refractivity contribution in [3.8, 4) is 28.4 Å². The van der Waals surface area contributed by atoms with E-state index in [9.17, 15) is 13.2 Å². The highest BCUT2D eigenvalue weighted by molar-refractivity contribution is 7.10. The zero-order chi connectivity index (χ0) is 21.1. The van der Waals surface area contributed by atoms with E-state index in [4.69, 9.17) is 9.26 Å². The van der Waals surface area contributed by atoms with Gasteiger partial charge in [0.15, 0.2) is 0 Å². The fourth-order valence-corrected chi connectivity index (χ4v) is 3.59. The van der Waals surface area contributed by atoms with Crippen LogP contribution in [0.2, 0.25) is 0 Å². The molecular weight excluding hydrogens is 415 g/mol. The number of alkyl halides is 3. The van der Waals surface area contributed by atoms with Gasteiger partial charge in [0, 0.05) is 16.5 Å². The van der Waals surface area contributed by atoms with Gasteiger partial charge in [0.05, 0.1) is 24.3 Å². The fourth-order valence-electron chi connectivity index (χ4n) is 2.79. The minimum atomic E-state index is -4.38. The maximum atomic E-state index is 12.7. The van der Waals surface area contributed by atoms with Crippen LogP contribution >= 0.6 is 11.3 Å². The van der Waals surface area contributed by atoms with Crippen LogP contribution in [0.4, 0.5) is 13.2 Å². The van der Waals surface area contributed by atoms with E-state index in [1.54, 1.807) is 0 Å². The van der Waals surface area contributed by atoms with E-state index in [0.717, 1.165) is 34.1 Å². The third-order valence-corrected chi connectivity index (χ3v) is 5.10. The van der Waals surface area contributed by atoms with Gasteiger partial charge in [0.2, 0.25) is 11.7 Å². The molecule has 0 spiro atoms. The van der Waals surface area contributed by atoms with Crippen molar-refractivity contribution in [1.29, 1.82) is 0 Å². The van der Waals surface area contributed by atoms with Crippen LogP contribution < -0.4 is 4.74 Å². The van der Waals surface area contributed by atoms with Crippen molar-refractivity contribution in [1.82, 2.24) is 15.1 Å². The second-order valence-corrected chi connectivity index (χ2v) is 7.29. The molecule has 0 N–H and O–H groups in total. The maximum Gasteiger partial charge on any atom is 0.416 e. The number of hydrogen-bond acceptors (Lipinski definition) is 6. The Labute approximate surface area is 174 Å². The minimum absolute atomic E-state index is 0.238. The third-order valence-electron chi connectivity index (χ3n) is 4.25. The van der Waals surface area contributed by atoms with Gasteiger partial charge >= 0.3 is 6.18 Å². The lowest BCUT2D eigenvalue weighted by atomic mass is 10.1. The molecule has 0 aliphatic carbocycles. The summed E-state index contributed by atoms with van der Waals surface area (Å²) in [5, 5.41) is 6.60. The number of thiazole rings is 1. The number of halogens is 3. The van der Waals surface area contributed by atoms with Crippen LogP contribution in [0.25, 0.3) is 22.6 Å². The van der Waals surface area contributed by atoms with E-state index in [0.29, 0.717) is 24.5 Å². The summed E-state index contributed by atoms with van der Waals surface area (Å²) < 4.78 is 48.7. The molecule has 2 aromatic carbocycles. The Bertz CT molecular complexity index is 1120. The van der Waals surface area contributed by atoms with Gasteiger partial charge in [-0.1, -0.05) is 17.3 Å². The molecule has 0 amide bonds. The Kier molecular flexibility index (Phi) is 5.54. The Morgan fingerprint density at radius 3 is 2.33 bits per heavy atom. The Hall–Kier alpha value is -3.20. The van der Waals surface area contributed by atoms with Gasteiger partial charge in [-0.2, -0.15) is 18.2 Å². The molecule has 30 heavy (non-hydrogen) atoms. The van der Waals surface area contributed by atoms with E-state index in [-0.39, 0.29) is 5.82 Å². The normalized spacial score (nSPS) is 11.6. The molecule has 0 atom stereocenters. The highest BCUT2D eigenvalue weighted by Gasteiger charge is 2.30. The van der Waals surface area contributed by atoms with Crippen LogP contribution in [-0.2, 0) is 12.6 Å². The summed E-state index contributed by atoms with van der Waals surface area (Å²) in [7, 11) is 0. The molecule has 0 saturated heterocycles. The third kappa shape index (κ3) is 4.51. The molecule has 0 aliphatic rings. The lowest BCUT2D eigenvalue weighted by Crippen LogP contribution is -2.04.